The molecule has 0 aliphatic rings. The normalized spacial score (nSPS) is 10.1. The molecule has 2 amide bonds. The molecule has 0 aliphatic carbocycles. The van der Waals surface area contributed by atoms with Crippen molar-refractivity contribution in [2.45, 2.75) is 19.8 Å². The van der Waals surface area contributed by atoms with E-state index in [4.69, 9.17) is 10.5 Å². The molecule has 0 heterocycles. The van der Waals surface area contributed by atoms with Crippen molar-refractivity contribution >= 4 is 17.5 Å². The number of nitrogens with one attached hydrogen (secondary N) is 1. The van der Waals surface area contributed by atoms with Crippen LogP contribution in [0.5, 0.6) is 5.75 Å². The quantitative estimate of drug-likeness (QED) is 0.771. The van der Waals surface area contributed by atoms with Gasteiger partial charge in [0.2, 0.25) is 11.8 Å². The Morgan fingerprint density at radius 1 is 1.13 bits per heavy atom. The molecule has 3 N–H and O–H groups in total. The van der Waals surface area contributed by atoms with Crippen molar-refractivity contribution in [2.24, 2.45) is 5.73 Å². The lowest BCUT2D eigenvalue weighted by atomic mass is 10.2. The summed E-state index contributed by atoms with van der Waals surface area (Å²) in [5, 5.41) is 2.74. The van der Waals surface area contributed by atoms with Crippen molar-refractivity contribution in [3.8, 4) is 5.75 Å². The molecule has 5 heteroatoms. The Morgan fingerprint density at radius 3 is 2.65 bits per heavy atom. The fourth-order valence-corrected chi connectivity index (χ4v) is 2.10. The lowest BCUT2D eigenvalue weighted by Gasteiger charge is -2.08. The van der Waals surface area contributed by atoms with Crippen LogP contribution in [0, 0.1) is 6.92 Å². The summed E-state index contributed by atoms with van der Waals surface area (Å²) in [5.74, 6) is 0.159. The molecule has 0 atom stereocenters. The third kappa shape index (κ3) is 5.47. The summed E-state index contributed by atoms with van der Waals surface area (Å²) in [6.45, 7) is 2.47. The second-order valence-electron chi connectivity index (χ2n) is 5.26. The molecule has 0 saturated heterocycles. The second-order valence-corrected chi connectivity index (χ2v) is 5.26. The van der Waals surface area contributed by atoms with Crippen LogP contribution in [-0.2, 0) is 4.79 Å². The fraction of sp³-hybridized carbons (Fsp3) is 0.222. The molecule has 0 fully saturated rings. The Labute approximate surface area is 135 Å². The van der Waals surface area contributed by atoms with Gasteiger partial charge in [-0.1, -0.05) is 18.2 Å². The SMILES string of the molecule is Cc1cccc(OCCCC(=O)Nc2cccc(C(N)=O)c2)c1. The number of carbonyl (C=O) groups is 2. The van der Waals surface area contributed by atoms with Crippen LogP contribution in [0.2, 0.25) is 0 Å². The summed E-state index contributed by atoms with van der Waals surface area (Å²) in [5.41, 5.74) is 7.27. The molecule has 0 spiro atoms. The van der Waals surface area contributed by atoms with Gasteiger partial charge in [-0.3, -0.25) is 9.59 Å². The van der Waals surface area contributed by atoms with Gasteiger partial charge in [-0.15, -0.1) is 0 Å². The number of anilines is 1. The van der Waals surface area contributed by atoms with E-state index in [2.05, 4.69) is 5.32 Å². The molecule has 2 aromatic carbocycles. The summed E-state index contributed by atoms with van der Waals surface area (Å²) in [7, 11) is 0. The van der Waals surface area contributed by atoms with Crippen molar-refractivity contribution in [3.05, 3.63) is 59.7 Å². The molecule has 0 saturated carbocycles. The van der Waals surface area contributed by atoms with E-state index in [0.29, 0.717) is 30.7 Å². The molecule has 0 aliphatic heterocycles. The fourth-order valence-electron chi connectivity index (χ4n) is 2.10. The molecule has 0 bridgehead atoms. The Balaban J connectivity index is 1.75. The molecule has 2 rings (SSSR count). The lowest BCUT2D eigenvalue weighted by molar-refractivity contribution is -0.116. The Hall–Kier alpha value is -2.82. The number of benzene rings is 2. The van der Waals surface area contributed by atoms with Crippen LogP contribution in [0.25, 0.3) is 0 Å². The van der Waals surface area contributed by atoms with E-state index < -0.39 is 5.91 Å². The molecular formula is C18H20N2O3. The summed E-state index contributed by atoms with van der Waals surface area (Å²) < 4.78 is 5.60. The Kier molecular flexibility index (Phi) is 5.74. The van der Waals surface area contributed by atoms with Gasteiger partial charge < -0.3 is 15.8 Å². The van der Waals surface area contributed by atoms with Crippen LogP contribution in [0.15, 0.2) is 48.5 Å². The predicted octanol–water partition coefficient (Wildman–Crippen LogP) is 2.89. The van der Waals surface area contributed by atoms with E-state index in [1.807, 2.05) is 31.2 Å². The largest absolute Gasteiger partial charge is 0.494 e. The van der Waals surface area contributed by atoms with Gasteiger partial charge in [0, 0.05) is 17.7 Å². The highest BCUT2D eigenvalue weighted by Crippen LogP contribution is 2.13. The molecule has 0 aromatic heterocycles. The van der Waals surface area contributed by atoms with Gasteiger partial charge in [0.05, 0.1) is 6.61 Å². The number of amides is 2. The van der Waals surface area contributed by atoms with E-state index in [-0.39, 0.29) is 5.91 Å². The maximum absolute atomic E-state index is 11.9. The first-order valence-electron chi connectivity index (χ1n) is 7.44. The Bertz CT molecular complexity index is 698. The zero-order valence-electron chi connectivity index (χ0n) is 13.0. The first-order chi connectivity index (χ1) is 11.0. The number of aryl methyl sites for hydroxylation is 1. The minimum Gasteiger partial charge on any atom is -0.494 e. The molecular weight excluding hydrogens is 292 g/mol. The van der Waals surface area contributed by atoms with Gasteiger partial charge >= 0.3 is 0 Å². The highest BCUT2D eigenvalue weighted by atomic mass is 16.5. The number of ether oxygens (including phenoxy) is 1. The average Bonchev–Trinajstić information content (AvgIpc) is 2.52. The summed E-state index contributed by atoms with van der Waals surface area (Å²) in [4.78, 5) is 23.0. The van der Waals surface area contributed by atoms with E-state index in [9.17, 15) is 9.59 Å². The smallest absolute Gasteiger partial charge is 0.248 e. The topological polar surface area (TPSA) is 81.4 Å². The van der Waals surface area contributed by atoms with Crippen LogP contribution < -0.4 is 15.8 Å². The monoisotopic (exact) mass is 312 g/mol. The number of nitrogens with two attached hydrogens (primary N) is 1. The van der Waals surface area contributed by atoms with Gasteiger partial charge in [0.25, 0.3) is 0 Å². The highest BCUT2D eigenvalue weighted by molar-refractivity contribution is 5.96. The minimum atomic E-state index is -0.521. The first kappa shape index (κ1) is 16.5. The summed E-state index contributed by atoms with van der Waals surface area (Å²) in [6.07, 6.45) is 0.946. The second kappa shape index (κ2) is 7.98. The van der Waals surface area contributed by atoms with Crippen LogP contribution >= 0.6 is 0 Å². The maximum Gasteiger partial charge on any atom is 0.248 e. The van der Waals surface area contributed by atoms with E-state index in [1.54, 1.807) is 24.3 Å². The standard InChI is InChI=1S/C18H20N2O3/c1-13-5-2-8-16(11-13)23-10-4-9-17(21)20-15-7-3-6-14(12-15)18(19)22/h2-3,5-8,11-12H,4,9-10H2,1H3,(H2,19,22)(H,20,21). The van der Waals surface area contributed by atoms with Crippen molar-refractivity contribution < 1.29 is 14.3 Å². The number of rotatable bonds is 7. The number of carbonyl (C=O) groups excluding carboxylic acids is 2. The van der Waals surface area contributed by atoms with Crippen molar-refractivity contribution in [3.63, 3.8) is 0 Å². The number of hydrogen-bond acceptors (Lipinski definition) is 3. The molecule has 0 unspecified atom stereocenters. The zero-order chi connectivity index (χ0) is 16.7. The predicted molar refractivity (Wildman–Crippen MR) is 89.5 cm³/mol. The molecule has 23 heavy (non-hydrogen) atoms. The van der Waals surface area contributed by atoms with E-state index >= 15 is 0 Å². The molecule has 120 valence electrons. The zero-order valence-corrected chi connectivity index (χ0v) is 13.0. The third-order valence-electron chi connectivity index (χ3n) is 3.24. The third-order valence-corrected chi connectivity index (χ3v) is 3.24. The Morgan fingerprint density at radius 2 is 1.91 bits per heavy atom. The first-order valence-corrected chi connectivity index (χ1v) is 7.44. The maximum atomic E-state index is 11.9. The summed E-state index contributed by atoms with van der Waals surface area (Å²) in [6, 6.07) is 14.3. The average molecular weight is 312 g/mol. The van der Waals surface area contributed by atoms with Gasteiger partial charge in [0.15, 0.2) is 0 Å². The van der Waals surface area contributed by atoms with E-state index in [1.165, 1.54) is 0 Å². The van der Waals surface area contributed by atoms with Crippen LogP contribution in [0.1, 0.15) is 28.8 Å². The van der Waals surface area contributed by atoms with Crippen LogP contribution in [-0.4, -0.2) is 18.4 Å². The number of hydrogen-bond donors (Lipinski definition) is 2. The number of primary amides is 1. The van der Waals surface area contributed by atoms with Crippen molar-refractivity contribution in [1.82, 2.24) is 0 Å². The highest BCUT2D eigenvalue weighted by Gasteiger charge is 2.05. The molecule has 5 nitrogen and oxygen atoms in total. The van der Waals surface area contributed by atoms with Gasteiger partial charge in [-0.25, -0.2) is 0 Å². The lowest BCUT2D eigenvalue weighted by Crippen LogP contribution is -2.14. The van der Waals surface area contributed by atoms with Crippen LogP contribution in [0.3, 0.4) is 0 Å². The van der Waals surface area contributed by atoms with Crippen LogP contribution in [0.4, 0.5) is 5.69 Å². The molecule has 0 radical (unpaired) electrons. The molecule has 2 aromatic rings. The minimum absolute atomic E-state index is 0.125. The summed E-state index contributed by atoms with van der Waals surface area (Å²) >= 11 is 0. The van der Waals surface area contributed by atoms with Gasteiger partial charge in [0.1, 0.15) is 5.75 Å². The van der Waals surface area contributed by atoms with Crippen molar-refractivity contribution in [2.75, 3.05) is 11.9 Å². The van der Waals surface area contributed by atoms with Gasteiger partial charge in [-0.05, 0) is 49.2 Å². The van der Waals surface area contributed by atoms with Gasteiger partial charge in [-0.2, -0.15) is 0 Å². The van der Waals surface area contributed by atoms with E-state index in [0.717, 1.165) is 11.3 Å². The van der Waals surface area contributed by atoms with Crippen molar-refractivity contribution in [1.29, 1.82) is 0 Å².